The van der Waals surface area contributed by atoms with Crippen LogP contribution in [0.1, 0.15) is 25.3 Å². The summed E-state index contributed by atoms with van der Waals surface area (Å²) in [7, 11) is 1.50. The first kappa shape index (κ1) is 15.4. The Morgan fingerprint density at radius 1 is 1.40 bits per heavy atom. The van der Waals surface area contributed by atoms with Crippen molar-refractivity contribution < 1.29 is 14.3 Å². The highest BCUT2D eigenvalue weighted by atomic mass is 35.5. The number of nitrogens with two attached hydrogens (primary N) is 1. The first-order valence-corrected chi connectivity index (χ1v) is 7.20. The van der Waals surface area contributed by atoms with Crippen molar-refractivity contribution in [2.75, 3.05) is 13.7 Å². The molecule has 6 heteroatoms. The van der Waals surface area contributed by atoms with E-state index in [0.717, 1.165) is 12.8 Å². The van der Waals surface area contributed by atoms with Gasteiger partial charge >= 0.3 is 5.97 Å². The highest BCUT2D eigenvalue weighted by molar-refractivity contribution is 6.35. The maximum atomic E-state index is 12.3. The van der Waals surface area contributed by atoms with Crippen LogP contribution < -0.4 is 10.5 Å². The van der Waals surface area contributed by atoms with Gasteiger partial charge in [-0.3, -0.25) is 0 Å². The summed E-state index contributed by atoms with van der Waals surface area (Å²) in [6, 6.07) is 3.17. The predicted octanol–water partition coefficient (Wildman–Crippen LogP) is 3.13. The van der Waals surface area contributed by atoms with Crippen molar-refractivity contribution in [3.05, 3.63) is 27.7 Å². The summed E-state index contributed by atoms with van der Waals surface area (Å²) in [6.07, 6.45) is 1.74. The second kappa shape index (κ2) is 5.80. The minimum atomic E-state index is -1.25. The van der Waals surface area contributed by atoms with Gasteiger partial charge < -0.3 is 15.2 Å². The van der Waals surface area contributed by atoms with Crippen LogP contribution in [0.15, 0.2) is 12.1 Å². The van der Waals surface area contributed by atoms with E-state index in [1.54, 1.807) is 19.1 Å². The molecule has 0 amide bonds. The van der Waals surface area contributed by atoms with Gasteiger partial charge in [-0.1, -0.05) is 23.2 Å². The molecule has 1 aromatic rings. The fourth-order valence-corrected chi connectivity index (χ4v) is 2.84. The fraction of sp³-hybridized carbons (Fsp3) is 0.500. The van der Waals surface area contributed by atoms with Crippen LogP contribution in [0.3, 0.4) is 0 Å². The molecule has 1 fully saturated rings. The van der Waals surface area contributed by atoms with Crippen LogP contribution in [0, 0.1) is 5.92 Å². The SMILES string of the molecule is CCOC(=O)C(N)(c1cc(Cl)c(OC)cc1Cl)C1CC1. The van der Waals surface area contributed by atoms with Crippen molar-refractivity contribution in [3.63, 3.8) is 0 Å². The zero-order chi connectivity index (χ0) is 14.9. The predicted molar refractivity (Wildman–Crippen MR) is 78.2 cm³/mol. The van der Waals surface area contributed by atoms with E-state index < -0.39 is 11.5 Å². The van der Waals surface area contributed by atoms with E-state index >= 15 is 0 Å². The number of esters is 1. The van der Waals surface area contributed by atoms with Crippen molar-refractivity contribution >= 4 is 29.2 Å². The lowest BCUT2D eigenvalue weighted by Crippen LogP contribution is -2.48. The monoisotopic (exact) mass is 317 g/mol. The summed E-state index contributed by atoms with van der Waals surface area (Å²) in [5, 5.41) is 0.723. The van der Waals surface area contributed by atoms with Gasteiger partial charge in [0.1, 0.15) is 11.3 Å². The number of benzene rings is 1. The number of carbonyl (C=O) groups excluding carboxylic acids is 1. The Morgan fingerprint density at radius 3 is 2.55 bits per heavy atom. The van der Waals surface area contributed by atoms with E-state index in [-0.39, 0.29) is 12.5 Å². The molecule has 1 atom stereocenters. The molecular formula is C14H17Cl2NO3. The number of halogens is 2. The third kappa shape index (κ3) is 2.60. The van der Waals surface area contributed by atoms with Crippen LogP contribution in [0.2, 0.25) is 10.0 Å². The highest BCUT2D eigenvalue weighted by Gasteiger charge is 2.51. The molecule has 1 aliphatic rings. The van der Waals surface area contributed by atoms with Gasteiger partial charge in [-0.15, -0.1) is 0 Å². The molecule has 0 radical (unpaired) electrons. The summed E-state index contributed by atoms with van der Waals surface area (Å²) < 4.78 is 10.2. The fourth-order valence-electron chi connectivity index (χ4n) is 2.29. The number of carbonyl (C=O) groups is 1. The van der Waals surface area contributed by atoms with E-state index in [2.05, 4.69) is 0 Å². The van der Waals surface area contributed by atoms with Crippen LogP contribution in [0.25, 0.3) is 0 Å². The Labute approximate surface area is 128 Å². The molecule has 0 saturated heterocycles. The molecule has 1 saturated carbocycles. The molecule has 1 unspecified atom stereocenters. The number of methoxy groups -OCH3 is 1. The number of hydrogen-bond donors (Lipinski definition) is 1. The number of ether oxygens (including phenoxy) is 2. The van der Waals surface area contributed by atoms with Gasteiger partial charge in [0.2, 0.25) is 0 Å². The molecule has 2 rings (SSSR count). The van der Waals surface area contributed by atoms with Gasteiger partial charge in [-0.25, -0.2) is 4.79 Å². The number of rotatable bonds is 5. The summed E-state index contributed by atoms with van der Waals surface area (Å²) >= 11 is 12.4. The van der Waals surface area contributed by atoms with E-state index in [4.69, 9.17) is 38.4 Å². The molecular weight excluding hydrogens is 301 g/mol. The zero-order valence-electron chi connectivity index (χ0n) is 11.4. The standard InChI is InChI=1S/C14H17Cl2NO3/c1-3-20-13(18)14(17,8-4-5-8)9-6-11(16)12(19-2)7-10(9)15/h6-8H,3-5,17H2,1-2H3. The van der Waals surface area contributed by atoms with Gasteiger partial charge in [0, 0.05) is 11.6 Å². The van der Waals surface area contributed by atoms with Crippen molar-refractivity contribution in [2.24, 2.45) is 11.7 Å². The Balaban J connectivity index is 2.50. The van der Waals surface area contributed by atoms with E-state index in [1.165, 1.54) is 7.11 Å². The molecule has 0 heterocycles. The van der Waals surface area contributed by atoms with Crippen molar-refractivity contribution in [2.45, 2.75) is 25.3 Å². The number of hydrogen-bond acceptors (Lipinski definition) is 4. The zero-order valence-corrected chi connectivity index (χ0v) is 12.9. The Morgan fingerprint density at radius 2 is 2.05 bits per heavy atom. The second-order valence-electron chi connectivity index (χ2n) is 4.83. The normalized spacial score (nSPS) is 17.4. The average Bonchev–Trinajstić information content (AvgIpc) is 3.25. The maximum absolute atomic E-state index is 12.3. The van der Waals surface area contributed by atoms with Gasteiger partial charge in [0.25, 0.3) is 0 Å². The van der Waals surface area contributed by atoms with Gasteiger partial charge in [0.15, 0.2) is 0 Å². The molecule has 1 aliphatic carbocycles. The molecule has 110 valence electrons. The quantitative estimate of drug-likeness (QED) is 0.847. The van der Waals surface area contributed by atoms with E-state index in [0.29, 0.717) is 21.4 Å². The largest absolute Gasteiger partial charge is 0.495 e. The Kier molecular flexibility index (Phi) is 4.47. The Bertz CT molecular complexity index is 531. The molecule has 2 N–H and O–H groups in total. The molecule has 4 nitrogen and oxygen atoms in total. The topological polar surface area (TPSA) is 61.5 Å². The molecule has 1 aromatic carbocycles. The first-order valence-electron chi connectivity index (χ1n) is 6.44. The third-order valence-electron chi connectivity index (χ3n) is 3.52. The van der Waals surface area contributed by atoms with Crippen LogP contribution in [0.5, 0.6) is 5.75 Å². The van der Waals surface area contributed by atoms with Crippen molar-refractivity contribution in [3.8, 4) is 5.75 Å². The van der Waals surface area contributed by atoms with Gasteiger partial charge in [0.05, 0.1) is 23.8 Å². The summed E-state index contributed by atoms with van der Waals surface area (Å²) in [5.41, 5.74) is 5.60. The molecule has 0 spiro atoms. The van der Waals surface area contributed by atoms with Gasteiger partial charge in [-0.2, -0.15) is 0 Å². The lowest BCUT2D eigenvalue weighted by molar-refractivity contribution is -0.151. The molecule has 0 aromatic heterocycles. The van der Waals surface area contributed by atoms with Crippen LogP contribution >= 0.6 is 23.2 Å². The average molecular weight is 318 g/mol. The smallest absolute Gasteiger partial charge is 0.331 e. The summed E-state index contributed by atoms with van der Waals surface area (Å²) in [6.45, 7) is 2.01. The van der Waals surface area contributed by atoms with Gasteiger partial charge in [-0.05, 0) is 31.7 Å². The van der Waals surface area contributed by atoms with Crippen molar-refractivity contribution in [1.29, 1.82) is 0 Å². The van der Waals surface area contributed by atoms with Crippen LogP contribution in [0.4, 0.5) is 0 Å². The van der Waals surface area contributed by atoms with E-state index in [1.807, 2.05) is 0 Å². The third-order valence-corrected chi connectivity index (χ3v) is 4.13. The van der Waals surface area contributed by atoms with Crippen LogP contribution in [-0.4, -0.2) is 19.7 Å². The first-order chi connectivity index (χ1) is 9.44. The summed E-state index contributed by atoms with van der Waals surface area (Å²) in [5.74, 6) is 0.0107. The molecule has 20 heavy (non-hydrogen) atoms. The minimum Gasteiger partial charge on any atom is -0.495 e. The second-order valence-corrected chi connectivity index (χ2v) is 5.64. The van der Waals surface area contributed by atoms with Crippen molar-refractivity contribution in [1.82, 2.24) is 0 Å². The van der Waals surface area contributed by atoms with E-state index in [9.17, 15) is 4.79 Å². The summed E-state index contributed by atoms with van der Waals surface area (Å²) in [4.78, 5) is 12.3. The molecule has 0 aliphatic heterocycles. The van der Waals surface area contributed by atoms with Crippen LogP contribution in [-0.2, 0) is 15.1 Å². The lowest BCUT2D eigenvalue weighted by atomic mass is 9.86. The minimum absolute atomic E-state index is 0.0310. The Hall–Kier alpha value is -0.970. The maximum Gasteiger partial charge on any atom is 0.331 e. The highest BCUT2D eigenvalue weighted by Crippen LogP contribution is 2.48. The lowest BCUT2D eigenvalue weighted by Gasteiger charge is -2.29. The molecule has 0 bridgehead atoms.